The first-order chi connectivity index (χ1) is 13.6. The number of ether oxygens (including phenoxy) is 2. The lowest BCUT2D eigenvalue weighted by Crippen LogP contribution is -2.47. The van der Waals surface area contributed by atoms with Crippen molar-refractivity contribution in [3.05, 3.63) is 48.5 Å². The van der Waals surface area contributed by atoms with E-state index in [1.807, 2.05) is 53.4 Å². The van der Waals surface area contributed by atoms with Crippen LogP contribution in [0.3, 0.4) is 0 Å². The van der Waals surface area contributed by atoms with Crippen LogP contribution in [0.15, 0.2) is 48.5 Å². The van der Waals surface area contributed by atoms with Crippen LogP contribution in [-0.4, -0.2) is 45.2 Å². The Morgan fingerprint density at radius 3 is 2.50 bits per heavy atom. The van der Waals surface area contributed by atoms with Crippen LogP contribution < -0.4 is 25.0 Å². The van der Waals surface area contributed by atoms with Gasteiger partial charge in [-0.3, -0.25) is 9.59 Å². The number of hydrogen-bond donors (Lipinski definition) is 2. The van der Waals surface area contributed by atoms with Crippen LogP contribution in [0.1, 0.15) is 12.8 Å². The van der Waals surface area contributed by atoms with E-state index in [0.29, 0.717) is 32.5 Å². The average molecular weight is 383 g/mol. The number of methoxy groups -OCH3 is 1. The zero-order chi connectivity index (χ0) is 19.8. The SMILES string of the molecule is COc1ccc(OCCCC(=O)Nc2ccc(N3CCNC(=O)C3)cc2)cc1. The topological polar surface area (TPSA) is 79.9 Å². The number of carbonyl (C=O) groups excluding carboxylic acids is 2. The molecule has 0 aliphatic carbocycles. The Hall–Kier alpha value is -3.22. The zero-order valence-corrected chi connectivity index (χ0v) is 15.9. The smallest absolute Gasteiger partial charge is 0.239 e. The molecule has 0 unspecified atom stereocenters. The van der Waals surface area contributed by atoms with Gasteiger partial charge < -0.3 is 25.0 Å². The molecule has 0 aromatic heterocycles. The van der Waals surface area contributed by atoms with Crippen LogP contribution in [0, 0.1) is 0 Å². The molecule has 28 heavy (non-hydrogen) atoms. The predicted octanol–water partition coefficient (Wildman–Crippen LogP) is 2.43. The van der Waals surface area contributed by atoms with Gasteiger partial charge in [-0.2, -0.15) is 0 Å². The van der Waals surface area contributed by atoms with Crippen molar-refractivity contribution in [3.63, 3.8) is 0 Å². The van der Waals surface area contributed by atoms with Gasteiger partial charge in [-0.1, -0.05) is 0 Å². The van der Waals surface area contributed by atoms with Crippen molar-refractivity contribution < 1.29 is 19.1 Å². The quantitative estimate of drug-likeness (QED) is 0.685. The molecular formula is C21H25N3O4. The van der Waals surface area contributed by atoms with Gasteiger partial charge in [0.15, 0.2) is 0 Å². The fourth-order valence-corrected chi connectivity index (χ4v) is 2.93. The summed E-state index contributed by atoms with van der Waals surface area (Å²) in [7, 11) is 1.62. The van der Waals surface area contributed by atoms with Crippen molar-refractivity contribution in [2.75, 3.05) is 43.6 Å². The standard InChI is InChI=1S/C21H25N3O4/c1-27-18-8-10-19(11-9-18)28-14-2-3-20(25)23-16-4-6-17(7-5-16)24-13-12-22-21(26)15-24/h4-11H,2-3,12-15H2,1H3,(H,22,26)(H,23,25). The molecule has 1 aliphatic rings. The molecule has 1 aliphatic heterocycles. The van der Waals surface area contributed by atoms with Crippen molar-refractivity contribution in [1.82, 2.24) is 5.32 Å². The number of piperazine rings is 1. The number of benzene rings is 2. The maximum absolute atomic E-state index is 12.1. The number of rotatable bonds is 8. The van der Waals surface area contributed by atoms with E-state index in [0.717, 1.165) is 29.4 Å². The summed E-state index contributed by atoms with van der Waals surface area (Å²) in [4.78, 5) is 25.6. The summed E-state index contributed by atoms with van der Waals surface area (Å²) >= 11 is 0. The Kier molecular flexibility index (Phi) is 6.73. The highest BCUT2D eigenvalue weighted by Crippen LogP contribution is 2.19. The minimum atomic E-state index is -0.0524. The van der Waals surface area contributed by atoms with Gasteiger partial charge in [0.1, 0.15) is 11.5 Å². The van der Waals surface area contributed by atoms with Crippen molar-refractivity contribution >= 4 is 23.2 Å². The number of amides is 2. The van der Waals surface area contributed by atoms with E-state index < -0.39 is 0 Å². The van der Waals surface area contributed by atoms with E-state index in [1.54, 1.807) is 7.11 Å². The van der Waals surface area contributed by atoms with Crippen LogP contribution in [0.5, 0.6) is 11.5 Å². The molecule has 1 fully saturated rings. The number of anilines is 2. The third kappa shape index (κ3) is 5.64. The molecule has 2 aromatic carbocycles. The summed E-state index contributed by atoms with van der Waals surface area (Å²) < 4.78 is 10.7. The third-order valence-corrected chi connectivity index (χ3v) is 4.43. The van der Waals surface area contributed by atoms with Crippen LogP contribution in [0.4, 0.5) is 11.4 Å². The number of carbonyl (C=O) groups is 2. The minimum Gasteiger partial charge on any atom is -0.497 e. The summed E-state index contributed by atoms with van der Waals surface area (Å²) in [5.41, 5.74) is 1.71. The average Bonchev–Trinajstić information content (AvgIpc) is 2.72. The molecule has 0 spiro atoms. The van der Waals surface area contributed by atoms with Gasteiger partial charge in [-0.25, -0.2) is 0 Å². The number of nitrogens with zero attached hydrogens (tertiary/aromatic N) is 1. The Morgan fingerprint density at radius 2 is 1.82 bits per heavy atom. The molecule has 0 radical (unpaired) electrons. The van der Waals surface area contributed by atoms with E-state index in [4.69, 9.17) is 9.47 Å². The zero-order valence-electron chi connectivity index (χ0n) is 15.9. The largest absolute Gasteiger partial charge is 0.497 e. The highest BCUT2D eigenvalue weighted by molar-refractivity contribution is 5.91. The molecule has 0 atom stereocenters. The molecule has 0 saturated carbocycles. The van der Waals surface area contributed by atoms with E-state index in [2.05, 4.69) is 10.6 Å². The second kappa shape index (κ2) is 9.64. The van der Waals surface area contributed by atoms with Gasteiger partial charge in [-0.05, 0) is 55.0 Å². The number of nitrogens with one attached hydrogen (secondary N) is 2. The van der Waals surface area contributed by atoms with Crippen LogP contribution in [0.2, 0.25) is 0 Å². The third-order valence-electron chi connectivity index (χ3n) is 4.43. The van der Waals surface area contributed by atoms with Crippen molar-refractivity contribution in [3.8, 4) is 11.5 Å². The molecule has 3 rings (SSSR count). The van der Waals surface area contributed by atoms with E-state index in [1.165, 1.54) is 0 Å². The first-order valence-corrected chi connectivity index (χ1v) is 9.32. The van der Waals surface area contributed by atoms with Gasteiger partial charge in [0.25, 0.3) is 0 Å². The lowest BCUT2D eigenvalue weighted by molar-refractivity contribution is -0.120. The monoisotopic (exact) mass is 383 g/mol. The summed E-state index contributed by atoms with van der Waals surface area (Å²) in [5.74, 6) is 1.51. The van der Waals surface area contributed by atoms with Gasteiger partial charge in [0, 0.05) is 30.9 Å². The normalized spacial score (nSPS) is 13.6. The Bertz CT molecular complexity index is 790. The van der Waals surface area contributed by atoms with Gasteiger partial charge in [0.05, 0.1) is 20.3 Å². The van der Waals surface area contributed by atoms with E-state index in [-0.39, 0.29) is 11.8 Å². The van der Waals surface area contributed by atoms with Crippen LogP contribution in [-0.2, 0) is 9.59 Å². The van der Waals surface area contributed by atoms with Crippen molar-refractivity contribution in [2.24, 2.45) is 0 Å². The van der Waals surface area contributed by atoms with Gasteiger partial charge in [-0.15, -0.1) is 0 Å². The summed E-state index contributed by atoms with van der Waals surface area (Å²) in [5, 5.41) is 5.69. The van der Waals surface area contributed by atoms with Gasteiger partial charge in [0.2, 0.25) is 11.8 Å². The second-order valence-electron chi connectivity index (χ2n) is 6.49. The molecule has 2 N–H and O–H groups in total. The molecule has 148 valence electrons. The molecule has 1 saturated heterocycles. The Morgan fingerprint density at radius 1 is 1.11 bits per heavy atom. The predicted molar refractivity (Wildman–Crippen MR) is 108 cm³/mol. The fraction of sp³-hybridized carbons (Fsp3) is 0.333. The molecule has 2 amide bonds. The van der Waals surface area contributed by atoms with Crippen molar-refractivity contribution in [1.29, 1.82) is 0 Å². The maximum atomic E-state index is 12.1. The summed E-state index contributed by atoms with van der Waals surface area (Å²) in [6, 6.07) is 14.9. The molecule has 7 nitrogen and oxygen atoms in total. The molecule has 0 bridgehead atoms. The highest BCUT2D eigenvalue weighted by atomic mass is 16.5. The molecule has 2 aromatic rings. The second-order valence-corrected chi connectivity index (χ2v) is 6.49. The van der Waals surface area contributed by atoms with E-state index >= 15 is 0 Å². The lowest BCUT2D eigenvalue weighted by atomic mass is 10.2. The van der Waals surface area contributed by atoms with Gasteiger partial charge >= 0.3 is 0 Å². The first kappa shape index (κ1) is 19.5. The first-order valence-electron chi connectivity index (χ1n) is 9.32. The minimum absolute atomic E-state index is 0.0282. The van der Waals surface area contributed by atoms with Crippen LogP contribution >= 0.6 is 0 Å². The van der Waals surface area contributed by atoms with Crippen molar-refractivity contribution in [2.45, 2.75) is 12.8 Å². The lowest BCUT2D eigenvalue weighted by Gasteiger charge is -2.28. The molecule has 1 heterocycles. The number of hydrogen-bond acceptors (Lipinski definition) is 5. The maximum Gasteiger partial charge on any atom is 0.239 e. The molecular weight excluding hydrogens is 358 g/mol. The highest BCUT2D eigenvalue weighted by Gasteiger charge is 2.16. The summed E-state index contributed by atoms with van der Waals surface area (Å²) in [6.07, 6.45) is 1.00. The van der Waals surface area contributed by atoms with Crippen LogP contribution in [0.25, 0.3) is 0 Å². The molecule has 7 heteroatoms. The van der Waals surface area contributed by atoms with E-state index in [9.17, 15) is 9.59 Å². The fourth-order valence-electron chi connectivity index (χ4n) is 2.93. The Balaban J connectivity index is 1.38. The Labute approximate surface area is 164 Å². The summed E-state index contributed by atoms with van der Waals surface area (Å²) in [6.45, 7) is 2.26.